The summed E-state index contributed by atoms with van der Waals surface area (Å²) in [7, 11) is 0. The highest BCUT2D eigenvalue weighted by atomic mass is 32.2. The summed E-state index contributed by atoms with van der Waals surface area (Å²) < 4.78 is 0.0834. The topological polar surface area (TPSA) is 49.3 Å². The van der Waals surface area contributed by atoms with Crippen molar-refractivity contribution in [1.29, 1.82) is 0 Å². The van der Waals surface area contributed by atoms with Crippen molar-refractivity contribution in [2.75, 3.05) is 12.8 Å². The predicted octanol–water partition coefficient (Wildman–Crippen LogP) is 3.04. The maximum absolute atomic E-state index is 12.0. The molecule has 0 bridgehead atoms. The minimum Gasteiger partial charge on any atom is -0.507 e. The third-order valence-corrected chi connectivity index (χ3v) is 5.03. The van der Waals surface area contributed by atoms with Gasteiger partial charge >= 0.3 is 0 Å². The summed E-state index contributed by atoms with van der Waals surface area (Å²) in [5.74, 6) is -0.189. The fraction of sp³-hybridized carbons (Fsp3) is 0.500. The van der Waals surface area contributed by atoms with Gasteiger partial charge in [0.1, 0.15) is 5.75 Å². The molecule has 1 amide bonds. The normalized spacial score (nSPS) is 11.3. The van der Waals surface area contributed by atoms with E-state index in [0.29, 0.717) is 12.1 Å². The van der Waals surface area contributed by atoms with E-state index in [4.69, 9.17) is 0 Å². The summed E-state index contributed by atoms with van der Waals surface area (Å²) >= 11 is 1.78. The minimum atomic E-state index is -0.214. The lowest BCUT2D eigenvalue weighted by Gasteiger charge is -2.29. The molecule has 0 spiro atoms. The van der Waals surface area contributed by atoms with Crippen LogP contribution >= 0.6 is 11.8 Å². The van der Waals surface area contributed by atoms with Crippen LogP contribution in [-0.4, -0.2) is 28.6 Å². The van der Waals surface area contributed by atoms with Gasteiger partial charge in [0.2, 0.25) is 0 Å². The van der Waals surface area contributed by atoms with Crippen molar-refractivity contribution in [3.8, 4) is 5.75 Å². The van der Waals surface area contributed by atoms with Gasteiger partial charge in [-0.3, -0.25) is 4.79 Å². The molecule has 0 aliphatic carbocycles. The van der Waals surface area contributed by atoms with E-state index in [1.807, 2.05) is 0 Å². The first kappa shape index (κ1) is 14.9. The van der Waals surface area contributed by atoms with Gasteiger partial charge in [0.15, 0.2) is 0 Å². The number of aromatic hydroxyl groups is 1. The van der Waals surface area contributed by atoms with E-state index in [1.165, 1.54) is 6.07 Å². The van der Waals surface area contributed by atoms with Gasteiger partial charge in [-0.25, -0.2) is 0 Å². The summed E-state index contributed by atoms with van der Waals surface area (Å²) in [5, 5.41) is 12.5. The van der Waals surface area contributed by atoms with Crippen LogP contribution in [0.4, 0.5) is 0 Å². The SMILES string of the molecule is CCC(CC)(CNC(=O)c1ccccc1O)SC. The Kier molecular flexibility index (Phi) is 5.54. The van der Waals surface area contributed by atoms with E-state index < -0.39 is 0 Å². The van der Waals surface area contributed by atoms with E-state index in [1.54, 1.807) is 30.0 Å². The standard InChI is InChI=1S/C14H21NO2S/c1-4-14(5-2,18-3)10-15-13(17)11-8-6-7-9-12(11)16/h6-9,16H,4-5,10H2,1-3H3,(H,15,17). The molecule has 100 valence electrons. The highest BCUT2D eigenvalue weighted by Crippen LogP contribution is 2.29. The molecule has 1 rings (SSSR count). The Morgan fingerprint density at radius 1 is 1.33 bits per heavy atom. The van der Waals surface area contributed by atoms with Gasteiger partial charge in [-0.05, 0) is 31.2 Å². The Morgan fingerprint density at radius 3 is 2.44 bits per heavy atom. The van der Waals surface area contributed by atoms with Gasteiger partial charge in [-0.1, -0.05) is 26.0 Å². The van der Waals surface area contributed by atoms with E-state index in [0.717, 1.165) is 12.8 Å². The fourth-order valence-corrected chi connectivity index (χ4v) is 2.66. The summed E-state index contributed by atoms with van der Waals surface area (Å²) in [4.78, 5) is 12.0. The minimum absolute atomic E-state index is 0.0257. The Hall–Kier alpha value is -1.16. The predicted molar refractivity (Wildman–Crippen MR) is 77.3 cm³/mol. The van der Waals surface area contributed by atoms with E-state index in [9.17, 15) is 9.90 Å². The van der Waals surface area contributed by atoms with E-state index in [2.05, 4.69) is 25.4 Å². The summed E-state index contributed by atoms with van der Waals surface area (Å²) in [5.41, 5.74) is 0.333. The molecule has 0 atom stereocenters. The molecular weight excluding hydrogens is 246 g/mol. The molecule has 0 fully saturated rings. The monoisotopic (exact) mass is 267 g/mol. The highest BCUT2D eigenvalue weighted by molar-refractivity contribution is 8.00. The average Bonchev–Trinajstić information content (AvgIpc) is 2.41. The van der Waals surface area contributed by atoms with Crippen molar-refractivity contribution >= 4 is 17.7 Å². The second kappa shape index (κ2) is 6.69. The van der Waals surface area contributed by atoms with Crippen LogP contribution in [-0.2, 0) is 0 Å². The molecule has 0 aliphatic heterocycles. The molecule has 0 unspecified atom stereocenters. The Morgan fingerprint density at radius 2 is 1.94 bits per heavy atom. The van der Waals surface area contributed by atoms with Gasteiger partial charge in [0.05, 0.1) is 5.56 Å². The van der Waals surface area contributed by atoms with Crippen molar-refractivity contribution in [3.05, 3.63) is 29.8 Å². The van der Waals surface area contributed by atoms with E-state index in [-0.39, 0.29) is 16.4 Å². The van der Waals surface area contributed by atoms with Crippen LogP contribution in [0.1, 0.15) is 37.0 Å². The Bertz CT molecular complexity index is 394. The molecule has 0 saturated carbocycles. The maximum atomic E-state index is 12.0. The average molecular weight is 267 g/mol. The summed E-state index contributed by atoms with van der Waals surface area (Å²) in [6.07, 6.45) is 4.08. The molecule has 4 heteroatoms. The molecule has 0 saturated heterocycles. The van der Waals surface area contributed by atoms with Crippen molar-refractivity contribution in [3.63, 3.8) is 0 Å². The zero-order valence-corrected chi connectivity index (χ0v) is 12.0. The van der Waals surface area contributed by atoms with Crippen LogP contribution in [0.2, 0.25) is 0 Å². The molecule has 3 nitrogen and oxygen atoms in total. The molecule has 1 aromatic carbocycles. The molecule has 0 radical (unpaired) electrons. The largest absolute Gasteiger partial charge is 0.507 e. The quantitative estimate of drug-likeness (QED) is 0.833. The van der Waals surface area contributed by atoms with Crippen molar-refractivity contribution in [2.24, 2.45) is 0 Å². The molecular formula is C14H21NO2S. The number of hydrogen-bond acceptors (Lipinski definition) is 3. The number of para-hydroxylation sites is 1. The van der Waals surface area contributed by atoms with Gasteiger partial charge in [0.25, 0.3) is 5.91 Å². The number of rotatable bonds is 6. The van der Waals surface area contributed by atoms with Crippen LogP contribution in [0.15, 0.2) is 24.3 Å². The van der Waals surface area contributed by atoms with Crippen molar-refractivity contribution < 1.29 is 9.90 Å². The second-order valence-corrected chi connectivity index (χ2v) is 5.57. The number of phenols is 1. The molecule has 0 aromatic heterocycles. The first-order valence-electron chi connectivity index (χ1n) is 6.20. The highest BCUT2D eigenvalue weighted by Gasteiger charge is 2.25. The molecule has 0 heterocycles. The number of carbonyl (C=O) groups excluding carboxylic acids is 1. The first-order valence-corrected chi connectivity index (χ1v) is 7.42. The number of amides is 1. The first-order chi connectivity index (χ1) is 8.58. The van der Waals surface area contributed by atoms with Crippen LogP contribution in [0.5, 0.6) is 5.75 Å². The van der Waals surface area contributed by atoms with Crippen LogP contribution in [0.25, 0.3) is 0 Å². The van der Waals surface area contributed by atoms with Gasteiger partial charge < -0.3 is 10.4 Å². The van der Waals surface area contributed by atoms with Gasteiger partial charge in [0, 0.05) is 11.3 Å². The van der Waals surface area contributed by atoms with E-state index >= 15 is 0 Å². The maximum Gasteiger partial charge on any atom is 0.255 e. The van der Waals surface area contributed by atoms with Gasteiger partial charge in [-0.2, -0.15) is 11.8 Å². The zero-order valence-electron chi connectivity index (χ0n) is 11.2. The van der Waals surface area contributed by atoms with Crippen LogP contribution < -0.4 is 5.32 Å². The number of carbonyl (C=O) groups is 1. The third kappa shape index (κ3) is 3.42. The Labute approximate surface area is 113 Å². The third-order valence-electron chi connectivity index (χ3n) is 3.44. The van der Waals surface area contributed by atoms with Crippen LogP contribution in [0.3, 0.4) is 0 Å². The summed E-state index contributed by atoms with van der Waals surface area (Å²) in [6, 6.07) is 6.60. The number of thioether (sulfide) groups is 1. The lowest BCUT2D eigenvalue weighted by Crippen LogP contribution is -2.39. The van der Waals surface area contributed by atoms with Gasteiger partial charge in [-0.15, -0.1) is 0 Å². The Balaban J connectivity index is 2.69. The number of benzene rings is 1. The van der Waals surface area contributed by atoms with Crippen LogP contribution in [0, 0.1) is 0 Å². The van der Waals surface area contributed by atoms with Crippen molar-refractivity contribution in [1.82, 2.24) is 5.32 Å². The fourth-order valence-electron chi connectivity index (χ4n) is 1.86. The number of hydrogen-bond donors (Lipinski definition) is 2. The smallest absolute Gasteiger partial charge is 0.255 e. The number of phenolic OH excluding ortho intramolecular Hbond substituents is 1. The summed E-state index contributed by atoms with van der Waals surface area (Å²) in [6.45, 7) is 4.88. The molecule has 2 N–H and O–H groups in total. The lowest BCUT2D eigenvalue weighted by atomic mass is 10.0. The molecule has 1 aromatic rings. The second-order valence-electron chi connectivity index (χ2n) is 4.29. The molecule has 18 heavy (non-hydrogen) atoms. The zero-order chi connectivity index (χ0) is 13.6. The number of nitrogens with one attached hydrogen (secondary N) is 1. The van der Waals surface area contributed by atoms with Crippen molar-refractivity contribution in [2.45, 2.75) is 31.4 Å². The lowest BCUT2D eigenvalue weighted by molar-refractivity contribution is 0.0946. The molecule has 0 aliphatic rings.